The van der Waals surface area contributed by atoms with Crippen LogP contribution < -0.4 is 10.6 Å². The minimum Gasteiger partial charge on any atom is -0.352 e. The van der Waals surface area contributed by atoms with Crippen LogP contribution in [0.4, 0.5) is 19.0 Å². The van der Waals surface area contributed by atoms with Gasteiger partial charge in [-0.15, -0.1) is 0 Å². The molecule has 2 aromatic rings. The molecule has 8 heteroatoms. The van der Waals surface area contributed by atoms with Crippen LogP contribution in [0.3, 0.4) is 0 Å². The topological polar surface area (TPSA) is 59.5 Å². The Morgan fingerprint density at radius 2 is 2.19 bits per heavy atom. The molecule has 0 bridgehead atoms. The van der Waals surface area contributed by atoms with Crippen LogP contribution in [0.2, 0.25) is 0 Å². The fourth-order valence-corrected chi connectivity index (χ4v) is 2.88. The number of nitrogens with two attached hydrogens (primary N) is 1. The minimum absolute atomic E-state index is 0.196. The summed E-state index contributed by atoms with van der Waals surface area (Å²) in [6.07, 6.45) is -0.646. The van der Waals surface area contributed by atoms with E-state index < -0.39 is 11.9 Å². The number of hydrogen-bond donors (Lipinski definition) is 1. The zero-order valence-corrected chi connectivity index (χ0v) is 11.5. The van der Waals surface area contributed by atoms with Crippen LogP contribution in [0.5, 0.6) is 0 Å². The average molecular weight is 299 g/mol. The molecule has 0 amide bonds. The Morgan fingerprint density at radius 1 is 1.43 bits per heavy atom. The van der Waals surface area contributed by atoms with Crippen molar-refractivity contribution in [3.05, 3.63) is 24.2 Å². The number of hydrogen-bond acceptors (Lipinski definition) is 4. The first-order valence-corrected chi connectivity index (χ1v) is 6.78. The van der Waals surface area contributed by atoms with E-state index in [9.17, 15) is 13.2 Å². The van der Waals surface area contributed by atoms with E-state index in [0.29, 0.717) is 30.3 Å². The Balaban J connectivity index is 2.05. The molecule has 0 aromatic carbocycles. The van der Waals surface area contributed by atoms with Gasteiger partial charge in [0, 0.05) is 31.0 Å². The number of halogens is 3. The summed E-state index contributed by atoms with van der Waals surface area (Å²) in [7, 11) is 0. The Hall–Kier alpha value is -1.83. The largest absolute Gasteiger partial charge is 0.435 e. The summed E-state index contributed by atoms with van der Waals surface area (Å²) < 4.78 is 39.6. The van der Waals surface area contributed by atoms with E-state index in [1.165, 1.54) is 16.9 Å². The van der Waals surface area contributed by atoms with Gasteiger partial charge in [-0.1, -0.05) is 0 Å². The molecule has 0 spiro atoms. The Kier molecular flexibility index (Phi) is 3.27. The third-order valence-corrected chi connectivity index (χ3v) is 3.93. The average Bonchev–Trinajstić information content (AvgIpc) is 3.01. The number of nitrogens with zero attached hydrogens (tertiary/aromatic N) is 4. The van der Waals surface area contributed by atoms with Crippen molar-refractivity contribution < 1.29 is 13.2 Å². The Bertz CT molecular complexity index is 651. The molecule has 5 nitrogen and oxygen atoms in total. The Labute approximate surface area is 119 Å². The van der Waals surface area contributed by atoms with Crippen LogP contribution in [-0.2, 0) is 6.18 Å². The van der Waals surface area contributed by atoms with E-state index in [1.807, 2.05) is 11.8 Å². The van der Waals surface area contributed by atoms with Crippen molar-refractivity contribution in [2.45, 2.75) is 25.6 Å². The third-order valence-electron chi connectivity index (χ3n) is 3.93. The van der Waals surface area contributed by atoms with E-state index in [0.717, 1.165) is 12.5 Å². The standard InChI is InChI=1S/C13H16F3N5/c1-8-4-9(6-17)7-20(8)12-10-5-11(13(14,15)16)19-21(10)3-2-18-12/h2-3,5,8-9H,4,6-7,17H2,1H3. The second-order valence-electron chi connectivity index (χ2n) is 5.45. The van der Waals surface area contributed by atoms with Crippen molar-refractivity contribution >= 4 is 11.3 Å². The molecule has 3 heterocycles. The smallest absolute Gasteiger partial charge is 0.352 e. The summed E-state index contributed by atoms with van der Waals surface area (Å²) >= 11 is 0. The molecule has 3 rings (SSSR count). The second kappa shape index (κ2) is 4.87. The van der Waals surface area contributed by atoms with Crippen molar-refractivity contribution in [1.29, 1.82) is 0 Å². The fourth-order valence-electron chi connectivity index (χ4n) is 2.88. The molecule has 2 unspecified atom stereocenters. The van der Waals surface area contributed by atoms with Crippen molar-refractivity contribution in [2.24, 2.45) is 11.7 Å². The predicted octanol–water partition coefficient (Wildman–Crippen LogP) is 1.92. The lowest BCUT2D eigenvalue weighted by Gasteiger charge is -2.23. The molecular weight excluding hydrogens is 283 g/mol. The van der Waals surface area contributed by atoms with Gasteiger partial charge in [0.1, 0.15) is 5.52 Å². The van der Waals surface area contributed by atoms with Gasteiger partial charge in [-0.3, -0.25) is 0 Å². The predicted molar refractivity (Wildman–Crippen MR) is 72.0 cm³/mol. The number of alkyl halides is 3. The highest BCUT2D eigenvalue weighted by molar-refractivity contribution is 5.70. The lowest BCUT2D eigenvalue weighted by atomic mass is 10.1. The van der Waals surface area contributed by atoms with Crippen molar-refractivity contribution in [3.8, 4) is 0 Å². The van der Waals surface area contributed by atoms with Gasteiger partial charge >= 0.3 is 6.18 Å². The van der Waals surface area contributed by atoms with Gasteiger partial charge in [-0.2, -0.15) is 18.3 Å². The molecule has 21 heavy (non-hydrogen) atoms. The molecule has 1 aliphatic rings. The van der Waals surface area contributed by atoms with Crippen LogP contribution in [0.15, 0.2) is 18.5 Å². The van der Waals surface area contributed by atoms with Gasteiger partial charge in [0.25, 0.3) is 0 Å². The quantitative estimate of drug-likeness (QED) is 0.920. The summed E-state index contributed by atoms with van der Waals surface area (Å²) in [6, 6.07) is 1.24. The monoisotopic (exact) mass is 299 g/mol. The van der Waals surface area contributed by atoms with Gasteiger partial charge in [0.05, 0.1) is 0 Å². The second-order valence-corrected chi connectivity index (χ2v) is 5.45. The zero-order valence-electron chi connectivity index (χ0n) is 11.5. The summed E-state index contributed by atoms with van der Waals surface area (Å²) in [5.41, 5.74) is 5.16. The van der Waals surface area contributed by atoms with Crippen LogP contribution >= 0.6 is 0 Å². The summed E-state index contributed by atoms with van der Waals surface area (Å²) in [5.74, 6) is 0.871. The molecule has 0 radical (unpaired) electrons. The molecule has 2 aromatic heterocycles. The van der Waals surface area contributed by atoms with E-state index in [-0.39, 0.29) is 6.04 Å². The van der Waals surface area contributed by atoms with E-state index >= 15 is 0 Å². The maximum atomic E-state index is 12.8. The molecular formula is C13H16F3N5. The highest BCUT2D eigenvalue weighted by Crippen LogP contribution is 2.33. The first kappa shape index (κ1) is 14.1. The molecule has 0 saturated carbocycles. The van der Waals surface area contributed by atoms with Crippen LogP contribution in [0.1, 0.15) is 19.0 Å². The lowest BCUT2D eigenvalue weighted by Crippen LogP contribution is -2.28. The molecule has 114 valence electrons. The first-order valence-electron chi connectivity index (χ1n) is 6.78. The van der Waals surface area contributed by atoms with Crippen LogP contribution in [0.25, 0.3) is 5.52 Å². The normalized spacial score (nSPS) is 23.2. The minimum atomic E-state index is -4.46. The number of aromatic nitrogens is 3. The number of rotatable bonds is 2. The SMILES string of the molecule is CC1CC(CN)CN1c1nccn2nc(C(F)(F)F)cc12. The number of anilines is 1. The van der Waals surface area contributed by atoms with Crippen LogP contribution in [0, 0.1) is 5.92 Å². The zero-order chi connectivity index (χ0) is 15.2. The van der Waals surface area contributed by atoms with E-state index in [4.69, 9.17) is 5.73 Å². The van der Waals surface area contributed by atoms with Crippen molar-refractivity contribution in [2.75, 3.05) is 18.0 Å². The maximum Gasteiger partial charge on any atom is 0.435 e. The van der Waals surface area contributed by atoms with Gasteiger partial charge in [0.15, 0.2) is 11.5 Å². The highest BCUT2D eigenvalue weighted by Gasteiger charge is 2.36. The van der Waals surface area contributed by atoms with Gasteiger partial charge in [-0.05, 0) is 25.8 Å². The molecule has 1 fully saturated rings. The summed E-state index contributed by atoms with van der Waals surface area (Å²) in [5, 5.41) is 3.58. The van der Waals surface area contributed by atoms with Crippen LogP contribution in [-0.4, -0.2) is 33.7 Å². The third kappa shape index (κ3) is 2.44. The fraction of sp³-hybridized carbons (Fsp3) is 0.538. The molecule has 2 atom stereocenters. The van der Waals surface area contributed by atoms with Gasteiger partial charge in [0.2, 0.25) is 0 Å². The van der Waals surface area contributed by atoms with E-state index in [1.54, 1.807) is 0 Å². The molecule has 1 saturated heterocycles. The number of fused-ring (bicyclic) bond motifs is 1. The summed E-state index contributed by atoms with van der Waals surface area (Å²) in [4.78, 5) is 6.27. The van der Waals surface area contributed by atoms with Crippen molar-refractivity contribution in [3.63, 3.8) is 0 Å². The molecule has 0 aliphatic carbocycles. The Morgan fingerprint density at radius 3 is 2.81 bits per heavy atom. The molecule has 2 N–H and O–H groups in total. The summed E-state index contributed by atoms with van der Waals surface area (Å²) in [6.45, 7) is 3.30. The first-order chi connectivity index (χ1) is 9.90. The van der Waals surface area contributed by atoms with Crippen molar-refractivity contribution in [1.82, 2.24) is 14.6 Å². The highest BCUT2D eigenvalue weighted by atomic mass is 19.4. The lowest BCUT2D eigenvalue weighted by molar-refractivity contribution is -0.141. The maximum absolute atomic E-state index is 12.8. The van der Waals surface area contributed by atoms with E-state index in [2.05, 4.69) is 10.1 Å². The van der Waals surface area contributed by atoms with Gasteiger partial charge < -0.3 is 10.6 Å². The molecule has 1 aliphatic heterocycles. The van der Waals surface area contributed by atoms with Gasteiger partial charge in [-0.25, -0.2) is 9.50 Å².